The molecule has 3 nitrogen and oxygen atoms in total. The molecule has 0 aromatic heterocycles. The summed E-state index contributed by atoms with van der Waals surface area (Å²) in [5, 5.41) is 3.19. The van der Waals surface area contributed by atoms with Crippen LogP contribution < -0.4 is 5.32 Å². The monoisotopic (exact) mass is 426 g/mol. The Labute approximate surface area is 192 Å². The molecule has 1 fully saturated rings. The molecule has 4 rings (SSSR count). The third-order valence-electron chi connectivity index (χ3n) is 6.75. The highest BCUT2D eigenvalue weighted by molar-refractivity contribution is 5.79. The van der Waals surface area contributed by atoms with E-state index in [0.717, 1.165) is 32.4 Å². The van der Waals surface area contributed by atoms with Gasteiger partial charge in [0.2, 0.25) is 5.91 Å². The predicted octanol–water partition coefficient (Wildman–Crippen LogP) is 5.62. The summed E-state index contributed by atoms with van der Waals surface area (Å²) in [6.45, 7) is 6.69. The van der Waals surface area contributed by atoms with Gasteiger partial charge in [-0.05, 0) is 60.9 Å². The highest BCUT2D eigenvalue weighted by Crippen LogP contribution is 2.34. The van der Waals surface area contributed by atoms with Crippen molar-refractivity contribution in [1.82, 2.24) is 10.2 Å². The number of likely N-dealkylation sites (tertiary alicyclic amines) is 1. The van der Waals surface area contributed by atoms with Gasteiger partial charge in [-0.25, -0.2) is 0 Å². The van der Waals surface area contributed by atoms with Crippen LogP contribution in [0, 0.1) is 19.8 Å². The van der Waals surface area contributed by atoms with E-state index in [2.05, 4.69) is 84.7 Å². The van der Waals surface area contributed by atoms with Gasteiger partial charge in [0.25, 0.3) is 0 Å². The van der Waals surface area contributed by atoms with Crippen LogP contribution in [0.15, 0.2) is 78.9 Å². The standard InChI is InChI=1S/C29H34N2O/c1-22-13-14-25(19-23(22)2)20-31-21-27(15-16-28(31)26-11-7-4-8-12-26)29(32)30-18-17-24-9-5-3-6-10-24/h3-14,19,27-28H,15-18,20-21H2,1-2H3,(H,30,32). The zero-order chi connectivity index (χ0) is 22.3. The van der Waals surface area contributed by atoms with E-state index in [-0.39, 0.29) is 11.8 Å². The number of benzene rings is 3. The number of piperidine rings is 1. The van der Waals surface area contributed by atoms with Gasteiger partial charge >= 0.3 is 0 Å². The van der Waals surface area contributed by atoms with Crippen molar-refractivity contribution in [2.24, 2.45) is 5.92 Å². The lowest BCUT2D eigenvalue weighted by Crippen LogP contribution is -2.44. The van der Waals surface area contributed by atoms with E-state index in [1.165, 1.54) is 27.8 Å². The SMILES string of the molecule is Cc1ccc(CN2CC(C(=O)NCCc3ccccc3)CCC2c2ccccc2)cc1C. The van der Waals surface area contributed by atoms with Gasteiger partial charge in [0, 0.05) is 25.7 Å². The Balaban J connectivity index is 1.43. The minimum absolute atomic E-state index is 0.0391. The maximum atomic E-state index is 13.0. The molecule has 0 radical (unpaired) electrons. The van der Waals surface area contributed by atoms with Crippen LogP contribution in [-0.2, 0) is 17.8 Å². The van der Waals surface area contributed by atoms with Gasteiger partial charge in [-0.3, -0.25) is 9.69 Å². The molecule has 1 saturated heterocycles. The zero-order valence-electron chi connectivity index (χ0n) is 19.3. The number of carbonyl (C=O) groups excluding carboxylic acids is 1. The average Bonchev–Trinajstić information content (AvgIpc) is 2.82. The minimum atomic E-state index is 0.0391. The fraction of sp³-hybridized carbons (Fsp3) is 0.345. The van der Waals surface area contributed by atoms with Crippen molar-refractivity contribution in [1.29, 1.82) is 0 Å². The first kappa shape index (κ1) is 22.3. The fourth-order valence-corrected chi connectivity index (χ4v) is 4.74. The molecule has 1 N–H and O–H groups in total. The number of hydrogen-bond donors (Lipinski definition) is 1. The molecular formula is C29H34N2O. The van der Waals surface area contributed by atoms with Crippen molar-refractivity contribution >= 4 is 5.91 Å². The van der Waals surface area contributed by atoms with E-state index in [1.807, 2.05) is 18.2 Å². The molecular weight excluding hydrogens is 392 g/mol. The topological polar surface area (TPSA) is 32.3 Å². The van der Waals surface area contributed by atoms with E-state index in [1.54, 1.807) is 0 Å². The average molecular weight is 427 g/mol. The molecule has 3 heteroatoms. The van der Waals surface area contributed by atoms with E-state index in [4.69, 9.17) is 0 Å². The van der Waals surface area contributed by atoms with Gasteiger partial charge in [-0.2, -0.15) is 0 Å². The third-order valence-corrected chi connectivity index (χ3v) is 6.75. The van der Waals surface area contributed by atoms with Crippen molar-refractivity contribution in [2.45, 2.75) is 45.7 Å². The van der Waals surface area contributed by atoms with Crippen molar-refractivity contribution in [3.63, 3.8) is 0 Å². The molecule has 2 unspecified atom stereocenters. The molecule has 0 bridgehead atoms. The van der Waals surface area contributed by atoms with Crippen LogP contribution in [0.1, 0.15) is 46.7 Å². The molecule has 32 heavy (non-hydrogen) atoms. The van der Waals surface area contributed by atoms with Crippen LogP contribution in [0.2, 0.25) is 0 Å². The van der Waals surface area contributed by atoms with Crippen LogP contribution in [-0.4, -0.2) is 23.9 Å². The smallest absolute Gasteiger partial charge is 0.224 e. The Morgan fingerprint density at radius 3 is 2.31 bits per heavy atom. The first-order valence-corrected chi connectivity index (χ1v) is 11.8. The Hall–Kier alpha value is -2.91. The molecule has 0 aliphatic carbocycles. The van der Waals surface area contributed by atoms with Crippen molar-refractivity contribution < 1.29 is 4.79 Å². The number of hydrogen-bond acceptors (Lipinski definition) is 2. The second-order valence-corrected chi connectivity index (χ2v) is 9.08. The van der Waals surface area contributed by atoms with Crippen LogP contribution in [0.4, 0.5) is 0 Å². The van der Waals surface area contributed by atoms with Gasteiger partial charge in [-0.1, -0.05) is 78.9 Å². The summed E-state index contributed by atoms with van der Waals surface area (Å²) in [6.07, 6.45) is 2.81. The van der Waals surface area contributed by atoms with Gasteiger partial charge in [-0.15, -0.1) is 0 Å². The lowest BCUT2D eigenvalue weighted by molar-refractivity contribution is -0.127. The number of rotatable bonds is 7. The van der Waals surface area contributed by atoms with E-state index < -0.39 is 0 Å². The van der Waals surface area contributed by atoms with Crippen LogP contribution in [0.3, 0.4) is 0 Å². The molecule has 0 saturated carbocycles. The summed E-state index contributed by atoms with van der Waals surface area (Å²) in [5.74, 6) is 0.231. The van der Waals surface area contributed by atoms with Crippen molar-refractivity contribution in [2.75, 3.05) is 13.1 Å². The van der Waals surface area contributed by atoms with Crippen LogP contribution in [0.25, 0.3) is 0 Å². The Kier molecular flexibility index (Phi) is 7.39. The largest absolute Gasteiger partial charge is 0.355 e. The first-order chi connectivity index (χ1) is 15.6. The molecule has 3 aromatic carbocycles. The van der Waals surface area contributed by atoms with E-state index in [0.29, 0.717) is 12.6 Å². The quantitative estimate of drug-likeness (QED) is 0.532. The Morgan fingerprint density at radius 1 is 0.875 bits per heavy atom. The minimum Gasteiger partial charge on any atom is -0.355 e. The number of amides is 1. The van der Waals surface area contributed by atoms with Gasteiger partial charge < -0.3 is 5.32 Å². The normalized spacial score (nSPS) is 18.9. The molecule has 1 amide bonds. The molecule has 1 aliphatic heterocycles. The summed E-state index contributed by atoms with van der Waals surface area (Å²) in [6, 6.07) is 28.2. The summed E-state index contributed by atoms with van der Waals surface area (Å²) in [7, 11) is 0. The van der Waals surface area contributed by atoms with E-state index >= 15 is 0 Å². The van der Waals surface area contributed by atoms with Gasteiger partial charge in [0.1, 0.15) is 0 Å². The number of nitrogens with zero attached hydrogens (tertiary/aromatic N) is 1. The second kappa shape index (κ2) is 10.6. The lowest BCUT2D eigenvalue weighted by Gasteiger charge is -2.39. The maximum absolute atomic E-state index is 13.0. The number of carbonyl (C=O) groups is 1. The molecule has 0 spiro atoms. The van der Waals surface area contributed by atoms with Gasteiger partial charge in [0.15, 0.2) is 0 Å². The maximum Gasteiger partial charge on any atom is 0.224 e. The molecule has 166 valence electrons. The zero-order valence-corrected chi connectivity index (χ0v) is 19.3. The molecule has 2 atom stereocenters. The highest BCUT2D eigenvalue weighted by atomic mass is 16.1. The Morgan fingerprint density at radius 2 is 1.59 bits per heavy atom. The summed E-state index contributed by atoms with van der Waals surface area (Å²) < 4.78 is 0. The third kappa shape index (κ3) is 5.66. The lowest BCUT2D eigenvalue weighted by atomic mass is 9.88. The van der Waals surface area contributed by atoms with Crippen LogP contribution in [0.5, 0.6) is 0 Å². The summed E-state index contributed by atoms with van der Waals surface area (Å²) in [5.41, 5.74) is 6.57. The molecule has 1 heterocycles. The van der Waals surface area contributed by atoms with E-state index in [9.17, 15) is 4.79 Å². The second-order valence-electron chi connectivity index (χ2n) is 9.08. The van der Waals surface area contributed by atoms with Crippen LogP contribution >= 0.6 is 0 Å². The van der Waals surface area contributed by atoms with Crippen molar-refractivity contribution in [3.05, 3.63) is 107 Å². The predicted molar refractivity (Wildman–Crippen MR) is 131 cm³/mol. The Bertz CT molecular complexity index is 1020. The highest BCUT2D eigenvalue weighted by Gasteiger charge is 2.32. The number of nitrogens with one attached hydrogen (secondary N) is 1. The fourth-order valence-electron chi connectivity index (χ4n) is 4.74. The summed E-state index contributed by atoms with van der Waals surface area (Å²) >= 11 is 0. The first-order valence-electron chi connectivity index (χ1n) is 11.8. The van der Waals surface area contributed by atoms with Crippen molar-refractivity contribution in [3.8, 4) is 0 Å². The number of aryl methyl sites for hydroxylation is 2. The van der Waals surface area contributed by atoms with Gasteiger partial charge in [0.05, 0.1) is 5.92 Å². The molecule has 1 aliphatic rings. The molecule has 3 aromatic rings. The summed E-state index contributed by atoms with van der Waals surface area (Å²) in [4.78, 5) is 15.5.